The van der Waals surface area contributed by atoms with Gasteiger partial charge in [-0.1, -0.05) is 0 Å². The molecule has 0 aromatic heterocycles. The first-order valence-electron chi connectivity index (χ1n) is 6.24. The molecule has 0 radical (unpaired) electrons. The van der Waals surface area contributed by atoms with Gasteiger partial charge in [-0.05, 0) is 20.8 Å². The van der Waals surface area contributed by atoms with E-state index in [1.54, 1.807) is 0 Å². The summed E-state index contributed by atoms with van der Waals surface area (Å²) < 4.78 is 24.1. The van der Waals surface area contributed by atoms with Crippen molar-refractivity contribution in [1.29, 1.82) is 0 Å². The van der Waals surface area contributed by atoms with Crippen molar-refractivity contribution >= 4 is 21.5 Å². The molecule has 0 aromatic carbocycles. The van der Waals surface area contributed by atoms with Gasteiger partial charge in [-0.2, -0.15) is 0 Å². The van der Waals surface area contributed by atoms with Crippen LogP contribution in [0.3, 0.4) is 0 Å². The number of esters is 2. The minimum Gasteiger partial charge on any atom is -0.466 e. The van der Waals surface area contributed by atoms with Crippen molar-refractivity contribution in [1.82, 2.24) is 0 Å². The maximum absolute atomic E-state index is 10.3. The van der Waals surface area contributed by atoms with Crippen LogP contribution < -0.4 is 0 Å². The second kappa shape index (κ2) is 15.8. The second-order valence-electron chi connectivity index (χ2n) is 3.03. The van der Waals surface area contributed by atoms with Crippen molar-refractivity contribution in [3.63, 3.8) is 0 Å². The lowest BCUT2D eigenvalue weighted by Crippen LogP contribution is -2.27. The summed E-state index contributed by atoms with van der Waals surface area (Å²) >= 11 is 0. The van der Waals surface area contributed by atoms with Crippen LogP contribution in [-0.2, 0) is 32.3 Å². The third-order valence-corrected chi connectivity index (χ3v) is 3.48. The molecule has 20 heavy (non-hydrogen) atoms. The highest BCUT2D eigenvalue weighted by Crippen LogP contribution is 1.91. The second-order valence-corrected chi connectivity index (χ2v) is 4.61. The van der Waals surface area contributed by atoms with Crippen LogP contribution in [0.15, 0.2) is 12.2 Å². The maximum atomic E-state index is 10.3. The SMILES string of the molecule is CCO[SiH](OCC)OCC.COC(=O)/C=C\C(=O)OC. The summed E-state index contributed by atoms with van der Waals surface area (Å²) in [5.74, 6) is -1.16. The molecule has 7 nitrogen and oxygen atoms in total. The monoisotopic (exact) mass is 308 g/mol. The molecule has 118 valence electrons. The summed E-state index contributed by atoms with van der Waals surface area (Å²) in [5, 5.41) is 0. The van der Waals surface area contributed by atoms with E-state index in [0.717, 1.165) is 12.2 Å². The van der Waals surface area contributed by atoms with Gasteiger partial charge in [-0.25, -0.2) is 9.59 Å². The van der Waals surface area contributed by atoms with Gasteiger partial charge in [0.05, 0.1) is 14.2 Å². The van der Waals surface area contributed by atoms with E-state index < -0.39 is 21.5 Å². The molecule has 0 unspecified atom stereocenters. The van der Waals surface area contributed by atoms with Crippen molar-refractivity contribution in [2.75, 3.05) is 34.0 Å². The van der Waals surface area contributed by atoms with Gasteiger partial charge in [0.1, 0.15) is 0 Å². The molecule has 0 heterocycles. The first-order valence-corrected chi connectivity index (χ1v) is 7.65. The fourth-order valence-corrected chi connectivity index (χ4v) is 1.93. The fourth-order valence-electron chi connectivity index (χ4n) is 0.825. The Labute approximate surface area is 121 Å². The average Bonchev–Trinajstić information content (AvgIpc) is 2.45. The van der Waals surface area contributed by atoms with Gasteiger partial charge >= 0.3 is 21.5 Å². The van der Waals surface area contributed by atoms with Crippen LogP contribution in [0, 0.1) is 0 Å². The highest BCUT2D eigenvalue weighted by atomic mass is 28.3. The zero-order valence-electron chi connectivity index (χ0n) is 12.7. The van der Waals surface area contributed by atoms with Gasteiger partial charge in [0.25, 0.3) is 0 Å². The molecule has 0 fully saturated rings. The third-order valence-electron chi connectivity index (χ3n) is 1.67. The smallest absolute Gasteiger partial charge is 0.466 e. The summed E-state index contributed by atoms with van der Waals surface area (Å²) in [6.07, 6.45) is 1.98. The number of methoxy groups -OCH3 is 2. The predicted molar refractivity (Wildman–Crippen MR) is 75.2 cm³/mol. The van der Waals surface area contributed by atoms with Crippen molar-refractivity contribution in [3.8, 4) is 0 Å². The van der Waals surface area contributed by atoms with Gasteiger partial charge in [0.2, 0.25) is 0 Å². The quantitative estimate of drug-likeness (QED) is 0.371. The Hall–Kier alpha value is -1.22. The molecule has 8 heteroatoms. The zero-order valence-corrected chi connectivity index (χ0v) is 13.9. The molecular weight excluding hydrogens is 284 g/mol. The Morgan fingerprint density at radius 1 is 0.800 bits per heavy atom. The van der Waals surface area contributed by atoms with Crippen molar-refractivity contribution in [2.24, 2.45) is 0 Å². The minimum absolute atomic E-state index is 0.578. The third kappa shape index (κ3) is 14.8. The average molecular weight is 308 g/mol. The largest absolute Gasteiger partial charge is 0.484 e. The van der Waals surface area contributed by atoms with E-state index in [4.69, 9.17) is 13.3 Å². The summed E-state index contributed by atoms with van der Waals surface area (Å²) in [6, 6.07) is 0. The summed E-state index contributed by atoms with van der Waals surface area (Å²) in [7, 11) is 0.718. The lowest BCUT2D eigenvalue weighted by molar-refractivity contribution is -0.137. The summed E-state index contributed by atoms with van der Waals surface area (Å²) in [6.45, 7) is 7.86. The molecule has 0 atom stereocenters. The molecule has 0 aromatic rings. The van der Waals surface area contributed by atoms with Crippen LogP contribution in [0.2, 0.25) is 0 Å². The normalized spacial score (nSPS) is 10.1. The molecule has 0 saturated heterocycles. The Morgan fingerprint density at radius 2 is 1.10 bits per heavy atom. The van der Waals surface area contributed by atoms with Crippen LogP contribution >= 0.6 is 0 Å². The van der Waals surface area contributed by atoms with Crippen LogP contribution in [0.4, 0.5) is 0 Å². The van der Waals surface area contributed by atoms with Gasteiger partial charge in [0, 0.05) is 32.0 Å². The predicted octanol–water partition coefficient (Wildman–Crippen LogP) is 0.702. The van der Waals surface area contributed by atoms with Crippen LogP contribution in [0.25, 0.3) is 0 Å². The zero-order chi connectivity index (χ0) is 15.8. The van der Waals surface area contributed by atoms with Gasteiger partial charge in [-0.3, -0.25) is 0 Å². The molecule has 0 bridgehead atoms. The first-order chi connectivity index (χ1) is 9.55. The van der Waals surface area contributed by atoms with E-state index in [-0.39, 0.29) is 0 Å². The van der Waals surface area contributed by atoms with E-state index >= 15 is 0 Å². The van der Waals surface area contributed by atoms with E-state index in [1.165, 1.54) is 14.2 Å². The highest BCUT2D eigenvalue weighted by Gasteiger charge is 2.11. The highest BCUT2D eigenvalue weighted by molar-refractivity contribution is 6.36. The number of hydrogen-bond donors (Lipinski definition) is 0. The number of hydrogen-bond acceptors (Lipinski definition) is 7. The molecule has 0 aliphatic rings. The standard InChI is InChI=1S/C6H8O4.C6H16O3Si/c1-9-5(7)3-4-6(8)10-2;1-4-7-10(8-5-2)9-6-3/h3-4H,1-2H3;10H,4-6H2,1-3H3/b4-3-;. The number of carbonyl (C=O) groups is 2. The van der Waals surface area contributed by atoms with Gasteiger partial charge in [0.15, 0.2) is 0 Å². The summed E-state index contributed by atoms with van der Waals surface area (Å²) in [5.41, 5.74) is 0. The topological polar surface area (TPSA) is 80.3 Å². The van der Waals surface area contributed by atoms with Crippen molar-refractivity contribution in [2.45, 2.75) is 20.8 Å². The molecular formula is C12H24O7Si. The van der Waals surface area contributed by atoms with Crippen molar-refractivity contribution in [3.05, 3.63) is 12.2 Å². The van der Waals surface area contributed by atoms with E-state index in [2.05, 4.69) is 9.47 Å². The molecule has 0 saturated carbocycles. The van der Waals surface area contributed by atoms with Gasteiger partial charge < -0.3 is 22.8 Å². The van der Waals surface area contributed by atoms with Crippen LogP contribution in [0.5, 0.6) is 0 Å². The Balaban J connectivity index is 0. The molecule has 0 spiro atoms. The Morgan fingerprint density at radius 3 is 1.30 bits per heavy atom. The molecule has 0 aliphatic carbocycles. The number of rotatable bonds is 8. The van der Waals surface area contributed by atoms with E-state index in [0.29, 0.717) is 19.8 Å². The number of ether oxygens (including phenoxy) is 2. The molecule has 0 amide bonds. The van der Waals surface area contributed by atoms with E-state index in [1.807, 2.05) is 20.8 Å². The number of carbonyl (C=O) groups excluding carboxylic acids is 2. The van der Waals surface area contributed by atoms with Gasteiger partial charge in [-0.15, -0.1) is 0 Å². The fraction of sp³-hybridized carbons (Fsp3) is 0.667. The Kier molecular flexibility index (Phi) is 16.7. The maximum Gasteiger partial charge on any atom is 0.484 e. The lowest BCUT2D eigenvalue weighted by atomic mass is 10.5. The summed E-state index contributed by atoms with van der Waals surface area (Å²) in [4.78, 5) is 20.6. The molecule has 0 aliphatic heterocycles. The molecule has 0 rings (SSSR count). The van der Waals surface area contributed by atoms with E-state index in [9.17, 15) is 9.59 Å². The van der Waals surface area contributed by atoms with Crippen molar-refractivity contribution < 1.29 is 32.3 Å². The van der Waals surface area contributed by atoms with Crippen LogP contribution in [0.1, 0.15) is 20.8 Å². The molecule has 0 N–H and O–H groups in total. The first kappa shape index (κ1) is 21.1. The lowest BCUT2D eigenvalue weighted by Gasteiger charge is -2.12. The Bertz CT molecular complexity index is 249. The van der Waals surface area contributed by atoms with Crippen LogP contribution in [-0.4, -0.2) is 55.5 Å². The minimum atomic E-state index is -1.73.